The van der Waals surface area contributed by atoms with Crippen LogP contribution in [0.2, 0.25) is 0 Å². The normalized spacial score (nSPS) is 47.9. The van der Waals surface area contributed by atoms with Gasteiger partial charge in [-0.05, 0) is 97.2 Å². The van der Waals surface area contributed by atoms with E-state index in [9.17, 15) is 5.11 Å². The van der Waals surface area contributed by atoms with Crippen LogP contribution in [0.15, 0.2) is 11.6 Å². The van der Waals surface area contributed by atoms with Gasteiger partial charge in [-0.3, -0.25) is 0 Å². The minimum Gasteiger partial charge on any atom is -0.393 e. The SMILES string of the molecule is CC(C)CCC[C@@H](C)[C@H]1CC[C@H]2C3=CC[C@H]4[C@H](C)[C@@H](O)CC[C@@]4(C)[C@@H]3CC[C@@]12C. The molecule has 166 valence electrons. The van der Waals surface area contributed by atoms with E-state index in [1.807, 2.05) is 5.57 Å². The Balaban J connectivity index is 1.52. The molecule has 0 unspecified atom stereocenters. The van der Waals surface area contributed by atoms with Crippen molar-refractivity contribution in [3.05, 3.63) is 11.6 Å². The third-order valence-corrected chi connectivity index (χ3v) is 10.8. The fraction of sp³-hybridized carbons (Fsp3) is 0.929. The molecule has 4 aliphatic carbocycles. The summed E-state index contributed by atoms with van der Waals surface area (Å²) in [6.07, 6.45) is 16.1. The molecule has 29 heavy (non-hydrogen) atoms. The molecule has 0 amide bonds. The molecule has 0 aromatic rings. The highest BCUT2D eigenvalue weighted by Gasteiger charge is 2.59. The molecule has 0 aliphatic heterocycles. The highest BCUT2D eigenvalue weighted by atomic mass is 16.3. The third-order valence-electron chi connectivity index (χ3n) is 10.8. The molecule has 3 fully saturated rings. The van der Waals surface area contributed by atoms with Crippen LogP contribution in [-0.4, -0.2) is 11.2 Å². The minimum absolute atomic E-state index is 0.0700. The Hall–Kier alpha value is -0.300. The molecular formula is C28H48O. The largest absolute Gasteiger partial charge is 0.393 e. The number of hydrogen-bond acceptors (Lipinski definition) is 1. The van der Waals surface area contributed by atoms with E-state index in [2.05, 4.69) is 47.6 Å². The molecule has 3 saturated carbocycles. The van der Waals surface area contributed by atoms with Gasteiger partial charge in [-0.15, -0.1) is 0 Å². The van der Waals surface area contributed by atoms with Gasteiger partial charge in [0.1, 0.15) is 0 Å². The second kappa shape index (κ2) is 7.99. The van der Waals surface area contributed by atoms with E-state index in [0.717, 1.165) is 36.0 Å². The molecule has 1 heteroatoms. The Bertz CT molecular complexity index is 620. The maximum atomic E-state index is 10.5. The summed E-state index contributed by atoms with van der Waals surface area (Å²) in [5.41, 5.74) is 2.85. The summed E-state index contributed by atoms with van der Waals surface area (Å²) in [7, 11) is 0. The molecule has 1 nitrogen and oxygen atoms in total. The van der Waals surface area contributed by atoms with Gasteiger partial charge in [-0.25, -0.2) is 0 Å². The zero-order valence-electron chi connectivity index (χ0n) is 20.2. The molecule has 4 rings (SSSR count). The van der Waals surface area contributed by atoms with Gasteiger partial charge in [0.05, 0.1) is 6.10 Å². The average Bonchev–Trinajstić information content (AvgIpc) is 3.02. The number of allylic oxidation sites excluding steroid dienone is 2. The molecule has 0 aromatic heterocycles. The minimum atomic E-state index is -0.0700. The van der Waals surface area contributed by atoms with Crippen molar-refractivity contribution in [3.63, 3.8) is 0 Å². The van der Waals surface area contributed by atoms with E-state index < -0.39 is 0 Å². The highest BCUT2D eigenvalue weighted by Crippen LogP contribution is 2.67. The molecule has 0 spiro atoms. The van der Waals surface area contributed by atoms with Gasteiger partial charge in [0.2, 0.25) is 0 Å². The third kappa shape index (κ3) is 3.56. The van der Waals surface area contributed by atoms with Crippen molar-refractivity contribution in [2.45, 2.75) is 112 Å². The van der Waals surface area contributed by atoms with Gasteiger partial charge < -0.3 is 5.11 Å². The van der Waals surface area contributed by atoms with Crippen molar-refractivity contribution < 1.29 is 5.11 Å². The predicted octanol–water partition coefficient (Wildman–Crippen LogP) is 7.63. The Kier molecular flexibility index (Phi) is 6.04. The highest BCUT2D eigenvalue weighted by molar-refractivity contribution is 5.28. The van der Waals surface area contributed by atoms with E-state index in [0.29, 0.717) is 22.7 Å². The predicted molar refractivity (Wildman–Crippen MR) is 124 cm³/mol. The van der Waals surface area contributed by atoms with E-state index in [4.69, 9.17) is 0 Å². The van der Waals surface area contributed by atoms with Crippen LogP contribution in [0, 0.1) is 52.3 Å². The topological polar surface area (TPSA) is 20.2 Å². The Labute approximate surface area is 181 Å². The average molecular weight is 401 g/mol. The van der Waals surface area contributed by atoms with Crippen molar-refractivity contribution in [1.82, 2.24) is 0 Å². The summed E-state index contributed by atoms with van der Waals surface area (Å²) in [5, 5.41) is 10.5. The second-order valence-electron chi connectivity index (χ2n) is 12.7. The lowest BCUT2D eigenvalue weighted by Crippen LogP contribution is -2.52. The summed E-state index contributed by atoms with van der Waals surface area (Å²) in [5.74, 6) is 5.47. The van der Waals surface area contributed by atoms with Crippen LogP contribution in [0.5, 0.6) is 0 Å². The van der Waals surface area contributed by atoms with Crippen molar-refractivity contribution in [2.24, 2.45) is 52.3 Å². The number of fused-ring (bicyclic) bond motifs is 5. The van der Waals surface area contributed by atoms with Gasteiger partial charge in [0.15, 0.2) is 0 Å². The fourth-order valence-corrected chi connectivity index (χ4v) is 8.97. The van der Waals surface area contributed by atoms with Crippen LogP contribution in [0.1, 0.15) is 106 Å². The monoisotopic (exact) mass is 400 g/mol. The van der Waals surface area contributed by atoms with Crippen molar-refractivity contribution in [2.75, 3.05) is 0 Å². The zero-order chi connectivity index (χ0) is 21.0. The first-order chi connectivity index (χ1) is 13.7. The number of rotatable bonds is 5. The van der Waals surface area contributed by atoms with Crippen molar-refractivity contribution in [3.8, 4) is 0 Å². The molecule has 0 saturated heterocycles. The summed E-state index contributed by atoms with van der Waals surface area (Å²) < 4.78 is 0. The molecule has 0 aromatic carbocycles. The van der Waals surface area contributed by atoms with Crippen LogP contribution in [-0.2, 0) is 0 Å². The molecule has 9 atom stereocenters. The lowest BCUT2D eigenvalue weighted by atomic mass is 9.46. The van der Waals surface area contributed by atoms with Gasteiger partial charge >= 0.3 is 0 Å². The summed E-state index contributed by atoms with van der Waals surface area (Å²) in [6, 6.07) is 0. The Morgan fingerprint density at radius 3 is 2.38 bits per heavy atom. The Morgan fingerprint density at radius 2 is 1.66 bits per heavy atom. The zero-order valence-corrected chi connectivity index (χ0v) is 20.2. The van der Waals surface area contributed by atoms with Crippen LogP contribution >= 0.6 is 0 Å². The van der Waals surface area contributed by atoms with Gasteiger partial charge in [-0.2, -0.15) is 0 Å². The lowest BCUT2D eigenvalue weighted by Gasteiger charge is -2.59. The molecule has 0 heterocycles. The Morgan fingerprint density at radius 1 is 0.966 bits per heavy atom. The van der Waals surface area contributed by atoms with Crippen LogP contribution in [0.25, 0.3) is 0 Å². The van der Waals surface area contributed by atoms with Crippen LogP contribution in [0.4, 0.5) is 0 Å². The summed E-state index contributed by atoms with van der Waals surface area (Å²) in [6.45, 7) is 14.9. The van der Waals surface area contributed by atoms with Crippen molar-refractivity contribution >= 4 is 0 Å². The fourth-order valence-electron chi connectivity index (χ4n) is 8.97. The summed E-state index contributed by atoms with van der Waals surface area (Å²) >= 11 is 0. The smallest absolute Gasteiger partial charge is 0.0568 e. The standard InChI is InChI=1S/C28H48O/c1-18(2)8-7-9-19(3)22-12-13-24-21-10-11-23-20(4)26(29)15-17-28(23,6)25(21)14-16-27(22,24)5/h10,18-20,22-26,29H,7-9,11-17H2,1-6H3/t19-,20+,22-,23+,24+,25-,26+,27+,28-/m1/s1. The molecule has 1 N–H and O–H groups in total. The quantitative estimate of drug-likeness (QED) is 0.470. The first kappa shape index (κ1) is 21.9. The first-order valence-corrected chi connectivity index (χ1v) is 13.1. The molecule has 4 aliphatic rings. The maximum Gasteiger partial charge on any atom is 0.0568 e. The molecule has 0 radical (unpaired) electrons. The van der Waals surface area contributed by atoms with Gasteiger partial charge in [-0.1, -0.05) is 72.5 Å². The van der Waals surface area contributed by atoms with Gasteiger partial charge in [0.25, 0.3) is 0 Å². The van der Waals surface area contributed by atoms with Crippen LogP contribution in [0.3, 0.4) is 0 Å². The number of aliphatic hydroxyl groups excluding tert-OH is 1. The molecular weight excluding hydrogens is 352 g/mol. The molecule has 0 bridgehead atoms. The maximum absolute atomic E-state index is 10.5. The van der Waals surface area contributed by atoms with E-state index in [-0.39, 0.29) is 6.10 Å². The number of hydrogen-bond donors (Lipinski definition) is 1. The lowest BCUT2D eigenvalue weighted by molar-refractivity contribution is -0.0773. The number of aliphatic hydroxyl groups is 1. The van der Waals surface area contributed by atoms with Gasteiger partial charge in [0, 0.05) is 0 Å². The van der Waals surface area contributed by atoms with Crippen LogP contribution < -0.4 is 0 Å². The van der Waals surface area contributed by atoms with E-state index in [1.165, 1.54) is 57.8 Å². The van der Waals surface area contributed by atoms with E-state index in [1.54, 1.807) is 0 Å². The second-order valence-corrected chi connectivity index (χ2v) is 12.7. The van der Waals surface area contributed by atoms with E-state index >= 15 is 0 Å². The van der Waals surface area contributed by atoms with Crippen molar-refractivity contribution in [1.29, 1.82) is 0 Å². The first-order valence-electron chi connectivity index (χ1n) is 13.1. The summed E-state index contributed by atoms with van der Waals surface area (Å²) in [4.78, 5) is 0.